The van der Waals surface area contributed by atoms with Gasteiger partial charge in [0, 0.05) is 48.5 Å². The van der Waals surface area contributed by atoms with Crippen LogP contribution in [0.5, 0.6) is 0 Å². The Morgan fingerprint density at radius 3 is 2.47 bits per heavy atom. The van der Waals surface area contributed by atoms with Crippen LogP contribution in [0.15, 0.2) is 47.1 Å². The molecule has 0 radical (unpaired) electrons. The molecule has 184 valence electrons. The molecule has 2 fully saturated rings. The molecule has 0 saturated heterocycles. The Bertz CT molecular complexity index is 948. The summed E-state index contributed by atoms with van der Waals surface area (Å²) in [6.45, 7) is 2.40. The minimum atomic E-state index is 0.0494. The van der Waals surface area contributed by atoms with Gasteiger partial charge in [-0.2, -0.15) is 0 Å². The van der Waals surface area contributed by atoms with Crippen LogP contribution in [0.25, 0.3) is 0 Å². The number of carbonyl (C=O) groups is 2. The lowest BCUT2D eigenvalue weighted by Crippen LogP contribution is -2.48. The van der Waals surface area contributed by atoms with E-state index in [-0.39, 0.29) is 30.3 Å². The molecule has 4 rings (SSSR count). The Balaban J connectivity index is 1.50. The predicted molar refractivity (Wildman–Crippen MR) is 136 cm³/mol. The third-order valence-corrected chi connectivity index (χ3v) is 7.52. The maximum Gasteiger partial charge on any atom is 0.242 e. The van der Waals surface area contributed by atoms with Crippen molar-refractivity contribution in [1.29, 1.82) is 0 Å². The van der Waals surface area contributed by atoms with E-state index in [0.717, 1.165) is 55.2 Å². The molecule has 0 unspecified atom stereocenters. The van der Waals surface area contributed by atoms with Gasteiger partial charge in [-0.1, -0.05) is 47.3 Å². The number of carbonyl (C=O) groups excluding carboxylic acids is 2. The molecule has 0 bridgehead atoms. The maximum atomic E-state index is 13.7. The summed E-state index contributed by atoms with van der Waals surface area (Å²) in [5.74, 6) is 0.247. The van der Waals surface area contributed by atoms with Crippen molar-refractivity contribution in [2.75, 3.05) is 26.8 Å². The number of amides is 2. The van der Waals surface area contributed by atoms with Crippen LogP contribution >= 0.6 is 15.9 Å². The lowest BCUT2D eigenvalue weighted by Gasteiger charge is -2.36. The highest BCUT2D eigenvalue weighted by molar-refractivity contribution is 9.10. The first-order valence-corrected chi connectivity index (χ1v) is 13.3. The van der Waals surface area contributed by atoms with Gasteiger partial charge in [0.25, 0.3) is 0 Å². The first-order chi connectivity index (χ1) is 16.5. The van der Waals surface area contributed by atoms with Gasteiger partial charge in [-0.3, -0.25) is 9.59 Å². The summed E-state index contributed by atoms with van der Waals surface area (Å²) in [5.41, 5.74) is 2.34. The zero-order valence-corrected chi connectivity index (χ0v) is 21.7. The van der Waals surface area contributed by atoms with E-state index in [1.165, 1.54) is 12.0 Å². The summed E-state index contributed by atoms with van der Waals surface area (Å²) in [6.07, 6.45) is 9.58. The normalized spacial score (nSPS) is 16.4. The topological polar surface area (TPSA) is 54.8 Å². The molecule has 0 spiro atoms. The number of benzene rings is 1. The van der Waals surface area contributed by atoms with Crippen LogP contribution < -0.4 is 0 Å². The quantitative estimate of drug-likeness (QED) is 0.418. The van der Waals surface area contributed by atoms with Crippen LogP contribution in [0, 0.1) is 5.92 Å². The first kappa shape index (κ1) is 25.0. The molecule has 1 aromatic heterocycles. The molecule has 2 amide bonds. The Morgan fingerprint density at radius 1 is 1.06 bits per heavy atom. The van der Waals surface area contributed by atoms with Gasteiger partial charge in [0.15, 0.2) is 0 Å². The van der Waals surface area contributed by atoms with Crippen molar-refractivity contribution >= 4 is 27.7 Å². The molecule has 1 aromatic carbocycles. The molecule has 0 atom stereocenters. The SMILES string of the molecule is COCCN(CC(=O)N(Cc1cccn1Cc1ccc(Br)cc1)C1CCCCC1)C(=O)C1CC1. The maximum absolute atomic E-state index is 13.7. The van der Waals surface area contributed by atoms with Crippen LogP contribution in [0.1, 0.15) is 56.2 Å². The molecule has 7 heteroatoms. The third kappa shape index (κ3) is 6.72. The Hall–Kier alpha value is -2.12. The average Bonchev–Trinajstić information content (AvgIpc) is 3.62. The summed E-state index contributed by atoms with van der Waals surface area (Å²) >= 11 is 3.50. The van der Waals surface area contributed by atoms with E-state index in [4.69, 9.17) is 4.74 Å². The van der Waals surface area contributed by atoms with Crippen molar-refractivity contribution in [3.8, 4) is 0 Å². The van der Waals surface area contributed by atoms with Gasteiger partial charge in [-0.05, 0) is 55.5 Å². The zero-order chi connectivity index (χ0) is 23.9. The van der Waals surface area contributed by atoms with Crippen LogP contribution in [-0.2, 0) is 27.4 Å². The lowest BCUT2D eigenvalue weighted by molar-refractivity contribution is -0.144. The molecular weight excluding hydrogens is 494 g/mol. The highest BCUT2D eigenvalue weighted by Crippen LogP contribution is 2.31. The standard InChI is InChI=1S/C27H36BrN3O3/c1-34-17-16-30(27(33)22-11-12-22)20-26(32)31(24-6-3-2-4-7-24)19-25-8-5-15-29(25)18-21-9-13-23(28)14-10-21/h5,8-10,13-15,22,24H,2-4,6-7,11-12,16-20H2,1H3. The number of nitrogens with zero attached hydrogens (tertiary/aromatic N) is 3. The average molecular weight is 531 g/mol. The molecule has 0 N–H and O–H groups in total. The van der Waals surface area contributed by atoms with Crippen molar-refractivity contribution in [2.24, 2.45) is 5.92 Å². The van der Waals surface area contributed by atoms with Crippen molar-refractivity contribution in [3.05, 3.63) is 58.3 Å². The van der Waals surface area contributed by atoms with E-state index in [1.54, 1.807) is 12.0 Å². The molecular formula is C27H36BrN3O3. The summed E-state index contributed by atoms with van der Waals surface area (Å²) in [5, 5.41) is 0. The fraction of sp³-hybridized carbons (Fsp3) is 0.556. The monoisotopic (exact) mass is 529 g/mol. The number of hydrogen-bond acceptors (Lipinski definition) is 3. The van der Waals surface area contributed by atoms with Gasteiger partial charge in [-0.25, -0.2) is 0 Å². The predicted octanol–water partition coefficient (Wildman–Crippen LogP) is 4.85. The van der Waals surface area contributed by atoms with Gasteiger partial charge in [0.1, 0.15) is 0 Å². The second-order valence-electron chi connectivity index (χ2n) is 9.59. The molecule has 6 nitrogen and oxygen atoms in total. The Labute approximate surface area is 211 Å². The van der Waals surface area contributed by atoms with E-state index in [9.17, 15) is 9.59 Å². The molecule has 2 aliphatic carbocycles. The summed E-state index contributed by atoms with van der Waals surface area (Å²) in [6, 6.07) is 12.8. The van der Waals surface area contributed by atoms with Gasteiger partial charge < -0.3 is 19.1 Å². The smallest absolute Gasteiger partial charge is 0.242 e. The van der Waals surface area contributed by atoms with Crippen LogP contribution in [0.4, 0.5) is 0 Å². The van der Waals surface area contributed by atoms with E-state index in [0.29, 0.717) is 19.7 Å². The van der Waals surface area contributed by atoms with Crippen LogP contribution in [-0.4, -0.2) is 59.0 Å². The van der Waals surface area contributed by atoms with Gasteiger partial charge in [0.2, 0.25) is 11.8 Å². The largest absolute Gasteiger partial charge is 0.383 e. The number of hydrogen-bond donors (Lipinski definition) is 0. The Kier molecular flexibility index (Phi) is 8.84. The second kappa shape index (κ2) is 12.0. The molecule has 2 saturated carbocycles. The number of halogens is 1. The number of ether oxygens (including phenoxy) is 1. The Morgan fingerprint density at radius 2 is 1.79 bits per heavy atom. The van der Waals surface area contributed by atoms with E-state index < -0.39 is 0 Å². The van der Waals surface area contributed by atoms with Crippen molar-refractivity contribution in [2.45, 2.75) is 64.1 Å². The highest BCUT2D eigenvalue weighted by Gasteiger charge is 2.35. The minimum Gasteiger partial charge on any atom is -0.383 e. The van der Waals surface area contributed by atoms with E-state index in [1.807, 2.05) is 4.90 Å². The molecule has 34 heavy (non-hydrogen) atoms. The molecule has 2 aliphatic rings. The number of rotatable bonds is 11. The van der Waals surface area contributed by atoms with Gasteiger partial charge in [-0.15, -0.1) is 0 Å². The summed E-state index contributed by atoms with van der Waals surface area (Å²) < 4.78 is 8.51. The van der Waals surface area contributed by atoms with Crippen LogP contribution in [0.3, 0.4) is 0 Å². The molecule has 2 aromatic rings. The fourth-order valence-corrected chi connectivity index (χ4v) is 5.10. The van der Waals surface area contributed by atoms with E-state index in [2.05, 4.69) is 63.1 Å². The minimum absolute atomic E-state index is 0.0494. The van der Waals surface area contributed by atoms with Crippen molar-refractivity contribution in [1.82, 2.24) is 14.4 Å². The second-order valence-corrected chi connectivity index (χ2v) is 10.5. The van der Waals surface area contributed by atoms with Gasteiger partial charge >= 0.3 is 0 Å². The van der Waals surface area contributed by atoms with Gasteiger partial charge in [0.05, 0.1) is 19.7 Å². The summed E-state index contributed by atoms with van der Waals surface area (Å²) in [7, 11) is 1.63. The number of aromatic nitrogens is 1. The summed E-state index contributed by atoms with van der Waals surface area (Å²) in [4.78, 5) is 30.3. The number of methoxy groups -OCH3 is 1. The molecule has 1 heterocycles. The lowest BCUT2D eigenvalue weighted by atomic mass is 9.94. The molecule has 0 aliphatic heterocycles. The third-order valence-electron chi connectivity index (χ3n) is 6.99. The van der Waals surface area contributed by atoms with Crippen molar-refractivity contribution < 1.29 is 14.3 Å². The van der Waals surface area contributed by atoms with Crippen LogP contribution in [0.2, 0.25) is 0 Å². The zero-order valence-electron chi connectivity index (χ0n) is 20.1. The van der Waals surface area contributed by atoms with Crippen molar-refractivity contribution in [3.63, 3.8) is 0 Å². The van der Waals surface area contributed by atoms with E-state index >= 15 is 0 Å². The fourth-order valence-electron chi connectivity index (χ4n) is 4.83. The highest BCUT2D eigenvalue weighted by atomic mass is 79.9. The first-order valence-electron chi connectivity index (χ1n) is 12.5.